The van der Waals surface area contributed by atoms with E-state index in [0.29, 0.717) is 12.3 Å². The fourth-order valence-corrected chi connectivity index (χ4v) is 5.26. The summed E-state index contributed by atoms with van der Waals surface area (Å²) in [5.74, 6) is -0.950. The second-order valence-electron chi connectivity index (χ2n) is 9.45. The third kappa shape index (κ3) is 7.57. The maximum atomic E-state index is 14.6. The first-order chi connectivity index (χ1) is 18.5. The molecule has 3 rings (SSSR count). The summed E-state index contributed by atoms with van der Waals surface area (Å²) >= 11 is 0. The van der Waals surface area contributed by atoms with Crippen LogP contribution < -0.4 is 14.4 Å². The summed E-state index contributed by atoms with van der Waals surface area (Å²) in [6.07, 6.45) is 0. The largest absolute Gasteiger partial charge is 0.497 e. The van der Waals surface area contributed by atoms with E-state index in [0.717, 1.165) is 4.31 Å². The summed E-state index contributed by atoms with van der Waals surface area (Å²) in [7, 11) is -2.73. The molecule has 0 aromatic heterocycles. The molecule has 2 amide bonds. The van der Waals surface area contributed by atoms with Gasteiger partial charge >= 0.3 is 0 Å². The van der Waals surface area contributed by atoms with E-state index in [9.17, 15) is 22.4 Å². The highest BCUT2D eigenvalue weighted by Crippen LogP contribution is 2.26. The van der Waals surface area contributed by atoms with Gasteiger partial charge in [-0.3, -0.25) is 13.9 Å². The van der Waals surface area contributed by atoms with Gasteiger partial charge in [0.15, 0.2) is 0 Å². The number of halogens is 1. The van der Waals surface area contributed by atoms with E-state index in [1.165, 1.54) is 54.5 Å². The highest BCUT2D eigenvalue weighted by Gasteiger charge is 2.32. The summed E-state index contributed by atoms with van der Waals surface area (Å²) < 4.78 is 48.2. The van der Waals surface area contributed by atoms with E-state index >= 15 is 0 Å². The van der Waals surface area contributed by atoms with Crippen LogP contribution in [0, 0.1) is 11.7 Å². The van der Waals surface area contributed by atoms with Crippen LogP contribution in [0.15, 0.2) is 83.8 Å². The molecule has 0 aliphatic rings. The van der Waals surface area contributed by atoms with E-state index in [-0.39, 0.29) is 28.6 Å². The lowest BCUT2D eigenvalue weighted by atomic mass is 10.1. The van der Waals surface area contributed by atoms with Crippen molar-refractivity contribution in [2.45, 2.75) is 38.3 Å². The number of nitrogens with zero attached hydrogens (tertiary/aromatic N) is 2. The lowest BCUT2D eigenvalue weighted by Gasteiger charge is -2.32. The zero-order chi connectivity index (χ0) is 28.6. The molecule has 3 aromatic carbocycles. The highest BCUT2D eigenvalue weighted by atomic mass is 32.2. The van der Waals surface area contributed by atoms with Gasteiger partial charge < -0.3 is 15.0 Å². The number of carbonyl (C=O) groups is 2. The number of rotatable bonds is 12. The van der Waals surface area contributed by atoms with Crippen molar-refractivity contribution in [1.82, 2.24) is 10.2 Å². The monoisotopic (exact) mass is 555 g/mol. The second kappa shape index (κ2) is 13.2. The molecule has 0 radical (unpaired) electrons. The molecule has 1 N–H and O–H groups in total. The van der Waals surface area contributed by atoms with Gasteiger partial charge in [-0.1, -0.05) is 50.2 Å². The minimum absolute atomic E-state index is 0.0386. The Hall–Kier alpha value is -3.92. The van der Waals surface area contributed by atoms with Gasteiger partial charge in [-0.15, -0.1) is 0 Å². The first kappa shape index (κ1) is 29.6. The Kier molecular flexibility index (Phi) is 10.1. The normalized spacial score (nSPS) is 12.1. The summed E-state index contributed by atoms with van der Waals surface area (Å²) in [5, 5.41) is 2.80. The molecule has 1 atom stereocenters. The van der Waals surface area contributed by atoms with Gasteiger partial charge in [0, 0.05) is 18.7 Å². The highest BCUT2D eigenvalue weighted by molar-refractivity contribution is 7.92. The van der Waals surface area contributed by atoms with Crippen LogP contribution >= 0.6 is 0 Å². The molecule has 0 spiro atoms. The van der Waals surface area contributed by atoms with Gasteiger partial charge in [0.25, 0.3) is 10.0 Å². The molecule has 0 saturated carbocycles. The number of amides is 2. The molecular formula is C29H34FN3O5S. The summed E-state index contributed by atoms with van der Waals surface area (Å²) in [6, 6.07) is 19.0. The Morgan fingerprint density at radius 3 is 2.13 bits per heavy atom. The van der Waals surface area contributed by atoms with Gasteiger partial charge in [-0.25, -0.2) is 12.8 Å². The Balaban J connectivity index is 1.99. The van der Waals surface area contributed by atoms with Gasteiger partial charge in [0.2, 0.25) is 11.8 Å². The standard InChI is InChI=1S/C29H34FN3O5S/c1-21(2)18-31-29(35)22(3)32(19-23-10-8-9-13-27(23)30)28(34)20-33(24-11-6-5-7-12-24)39(36,37)26-16-14-25(38-4)15-17-26/h5-17,21-22H,18-20H2,1-4H3,(H,31,35). The molecule has 8 nitrogen and oxygen atoms in total. The van der Waals surface area contributed by atoms with E-state index < -0.39 is 40.2 Å². The Morgan fingerprint density at radius 1 is 0.923 bits per heavy atom. The van der Waals surface area contributed by atoms with Crippen LogP contribution in [-0.2, 0) is 26.2 Å². The molecule has 0 heterocycles. The van der Waals surface area contributed by atoms with Crippen molar-refractivity contribution in [3.05, 3.63) is 90.2 Å². The molecule has 0 aliphatic carbocycles. The first-order valence-corrected chi connectivity index (χ1v) is 14.0. The van der Waals surface area contributed by atoms with Crippen molar-refractivity contribution in [2.24, 2.45) is 5.92 Å². The van der Waals surface area contributed by atoms with Crippen LogP contribution in [-0.4, -0.2) is 51.4 Å². The molecule has 0 bridgehead atoms. The number of hydrogen-bond acceptors (Lipinski definition) is 5. The molecule has 1 unspecified atom stereocenters. The average Bonchev–Trinajstić information content (AvgIpc) is 2.94. The first-order valence-electron chi connectivity index (χ1n) is 12.6. The summed E-state index contributed by atoms with van der Waals surface area (Å²) in [4.78, 5) is 27.9. The van der Waals surface area contributed by atoms with Crippen molar-refractivity contribution >= 4 is 27.5 Å². The molecule has 208 valence electrons. The number of carbonyl (C=O) groups excluding carboxylic acids is 2. The molecule has 0 aliphatic heterocycles. The lowest BCUT2D eigenvalue weighted by molar-refractivity contribution is -0.139. The lowest BCUT2D eigenvalue weighted by Crippen LogP contribution is -2.51. The third-order valence-electron chi connectivity index (χ3n) is 6.12. The smallest absolute Gasteiger partial charge is 0.264 e. The van der Waals surface area contributed by atoms with Crippen LogP contribution in [0.4, 0.5) is 10.1 Å². The number of benzene rings is 3. The number of methoxy groups -OCH3 is 1. The average molecular weight is 556 g/mol. The van der Waals surface area contributed by atoms with Crippen molar-refractivity contribution in [3.8, 4) is 5.75 Å². The van der Waals surface area contributed by atoms with Gasteiger partial charge in [-0.05, 0) is 55.3 Å². The van der Waals surface area contributed by atoms with E-state index in [2.05, 4.69) is 5.32 Å². The number of sulfonamides is 1. The van der Waals surface area contributed by atoms with Crippen molar-refractivity contribution in [3.63, 3.8) is 0 Å². The molecule has 10 heteroatoms. The minimum Gasteiger partial charge on any atom is -0.497 e. The number of anilines is 1. The summed E-state index contributed by atoms with van der Waals surface area (Å²) in [6.45, 7) is 5.00. The molecule has 3 aromatic rings. The van der Waals surface area contributed by atoms with Crippen LogP contribution in [0.2, 0.25) is 0 Å². The quantitative estimate of drug-likeness (QED) is 0.361. The number of ether oxygens (including phenoxy) is 1. The van der Waals surface area contributed by atoms with Gasteiger partial charge in [0.1, 0.15) is 24.2 Å². The zero-order valence-corrected chi connectivity index (χ0v) is 23.3. The van der Waals surface area contributed by atoms with E-state index in [1.807, 2.05) is 13.8 Å². The van der Waals surface area contributed by atoms with Gasteiger partial charge in [-0.2, -0.15) is 0 Å². The maximum absolute atomic E-state index is 14.6. The van der Waals surface area contributed by atoms with E-state index in [1.54, 1.807) is 43.3 Å². The molecule has 39 heavy (non-hydrogen) atoms. The Labute approximate surface area is 229 Å². The molecule has 0 saturated heterocycles. The maximum Gasteiger partial charge on any atom is 0.264 e. The predicted octanol–water partition coefficient (Wildman–Crippen LogP) is 4.22. The number of para-hydroxylation sites is 1. The Bertz CT molecular complexity index is 1370. The van der Waals surface area contributed by atoms with Crippen LogP contribution in [0.25, 0.3) is 0 Å². The molecular weight excluding hydrogens is 521 g/mol. The number of nitrogens with one attached hydrogen (secondary N) is 1. The fourth-order valence-electron chi connectivity index (χ4n) is 3.84. The fraction of sp³-hybridized carbons (Fsp3) is 0.310. The van der Waals surface area contributed by atoms with Gasteiger partial charge in [0.05, 0.1) is 17.7 Å². The predicted molar refractivity (Wildman–Crippen MR) is 148 cm³/mol. The van der Waals surface area contributed by atoms with Crippen molar-refractivity contribution in [2.75, 3.05) is 24.5 Å². The topological polar surface area (TPSA) is 96.0 Å². The van der Waals surface area contributed by atoms with Crippen LogP contribution in [0.1, 0.15) is 26.3 Å². The SMILES string of the molecule is COc1ccc(S(=O)(=O)N(CC(=O)N(Cc2ccccc2F)C(C)C(=O)NCC(C)C)c2ccccc2)cc1. The number of hydrogen-bond donors (Lipinski definition) is 1. The summed E-state index contributed by atoms with van der Waals surface area (Å²) in [5.41, 5.74) is 0.475. The minimum atomic E-state index is -4.20. The third-order valence-corrected chi connectivity index (χ3v) is 7.91. The zero-order valence-electron chi connectivity index (χ0n) is 22.5. The Morgan fingerprint density at radius 2 is 1.54 bits per heavy atom. The van der Waals surface area contributed by atoms with E-state index in [4.69, 9.17) is 4.74 Å². The van der Waals surface area contributed by atoms with Crippen LogP contribution in [0.3, 0.4) is 0 Å². The van der Waals surface area contributed by atoms with Crippen molar-refractivity contribution in [1.29, 1.82) is 0 Å². The second-order valence-corrected chi connectivity index (χ2v) is 11.3. The van der Waals surface area contributed by atoms with Crippen LogP contribution in [0.5, 0.6) is 5.75 Å². The molecule has 0 fully saturated rings. The van der Waals surface area contributed by atoms with Crippen molar-refractivity contribution < 1.29 is 27.1 Å².